The summed E-state index contributed by atoms with van der Waals surface area (Å²) in [4.78, 5) is 24.2. The van der Waals surface area contributed by atoms with Gasteiger partial charge in [0.05, 0.1) is 0 Å². The van der Waals surface area contributed by atoms with Crippen molar-refractivity contribution in [3.05, 3.63) is 36.5 Å². The average Bonchev–Trinajstić information content (AvgIpc) is 2.97. The fourth-order valence-electron chi connectivity index (χ4n) is 4.30. The van der Waals surface area contributed by atoms with Crippen LogP contribution in [0.5, 0.6) is 0 Å². The quantitative estimate of drug-likeness (QED) is 0.483. The first kappa shape index (κ1) is 17.9. The number of allylic oxidation sites excluding steroid dienone is 1. The predicted molar refractivity (Wildman–Crippen MR) is 94.3 cm³/mol. The molecular weight excluding hydrogens is 318 g/mol. The van der Waals surface area contributed by atoms with Gasteiger partial charge in [-0.25, -0.2) is 4.79 Å². The van der Waals surface area contributed by atoms with Gasteiger partial charge in [-0.1, -0.05) is 39.2 Å². The molecule has 1 heterocycles. The molecule has 0 aromatic heterocycles. The van der Waals surface area contributed by atoms with E-state index in [0.29, 0.717) is 12.0 Å². The normalized spacial score (nSPS) is 35.9. The number of esters is 2. The monoisotopic (exact) mass is 345 g/mol. The number of hydrogen-bond acceptors (Lipinski definition) is 5. The SMILES string of the molecule is C=C1C(=O)OC2C1CCC(=C)C1CC(OC(=O)C(N)C(C)C)C(=C)C12. The Morgan fingerprint density at radius 2 is 1.96 bits per heavy atom. The number of rotatable bonds is 3. The Bertz CT molecular complexity index is 650. The second-order valence-corrected chi connectivity index (χ2v) is 7.84. The summed E-state index contributed by atoms with van der Waals surface area (Å²) in [5.74, 6) is -0.705. The Hall–Kier alpha value is -1.88. The molecule has 3 fully saturated rings. The highest BCUT2D eigenvalue weighted by atomic mass is 16.6. The molecule has 2 aliphatic carbocycles. The summed E-state index contributed by atoms with van der Waals surface area (Å²) >= 11 is 0. The topological polar surface area (TPSA) is 78.6 Å². The fourth-order valence-corrected chi connectivity index (χ4v) is 4.30. The molecule has 5 heteroatoms. The van der Waals surface area contributed by atoms with Crippen LogP contribution in [-0.2, 0) is 19.1 Å². The molecule has 25 heavy (non-hydrogen) atoms. The lowest BCUT2D eigenvalue weighted by Gasteiger charge is -2.26. The third-order valence-corrected chi connectivity index (χ3v) is 6.00. The zero-order valence-corrected chi connectivity index (χ0v) is 15.0. The molecule has 3 aliphatic rings. The van der Waals surface area contributed by atoms with Crippen LogP contribution in [0.3, 0.4) is 0 Å². The summed E-state index contributed by atoms with van der Waals surface area (Å²) in [5, 5.41) is 0. The minimum absolute atomic E-state index is 0.00565. The van der Waals surface area contributed by atoms with E-state index in [2.05, 4.69) is 19.7 Å². The standard InChI is InChI=1S/C20H27NO4/c1-9(2)17(21)20(23)24-15-8-14-10(3)6-7-13-11(4)19(22)25-18(13)16(14)12(15)5/h9,13-18H,3-8,21H2,1-2H3. The lowest BCUT2D eigenvalue weighted by Crippen LogP contribution is -2.39. The molecule has 0 bridgehead atoms. The number of carbonyl (C=O) groups is 2. The lowest BCUT2D eigenvalue weighted by molar-refractivity contribution is -0.150. The van der Waals surface area contributed by atoms with Gasteiger partial charge in [0, 0.05) is 17.4 Å². The second kappa shape index (κ2) is 6.45. The van der Waals surface area contributed by atoms with E-state index in [-0.39, 0.29) is 35.7 Å². The van der Waals surface area contributed by atoms with E-state index < -0.39 is 18.1 Å². The van der Waals surface area contributed by atoms with Gasteiger partial charge in [-0.15, -0.1) is 0 Å². The van der Waals surface area contributed by atoms with Crippen LogP contribution in [0.4, 0.5) is 0 Å². The van der Waals surface area contributed by atoms with Gasteiger partial charge >= 0.3 is 11.9 Å². The summed E-state index contributed by atoms with van der Waals surface area (Å²) in [6, 6.07) is -0.654. The van der Waals surface area contributed by atoms with Crippen molar-refractivity contribution in [1.82, 2.24) is 0 Å². The van der Waals surface area contributed by atoms with Crippen molar-refractivity contribution in [2.75, 3.05) is 0 Å². The molecule has 1 aliphatic heterocycles. The van der Waals surface area contributed by atoms with Gasteiger partial charge < -0.3 is 15.2 Å². The first-order chi connectivity index (χ1) is 11.7. The van der Waals surface area contributed by atoms with Crippen molar-refractivity contribution in [2.45, 2.75) is 51.4 Å². The van der Waals surface area contributed by atoms with Gasteiger partial charge in [0.1, 0.15) is 18.2 Å². The lowest BCUT2D eigenvalue weighted by atomic mass is 9.82. The molecule has 1 saturated heterocycles. The van der Waals surface area contributed by atoms with Gasteiger partial charge in [0.25, 0.3) is 0 Å². The Balaban J connectivity index is 1.82. The Kier molecular flexibility index (Phi) is 4.62. The number of fused-ring (bicyclic) bond motifs is 3. The van der Waals surface area contributed by atoms with E-state index in [4.69, 9.17) is 15.2 Å². The molecule has 0 aromatic carbocycles. The summed E-state index contributed by atoms with van der Waals surface area (Å²) < 4.78 is 11.3. The van der Waals surface area contributed by atoms with Crippen molar-refractivity contribution < 1.29 is 19.1 Å². The van der Waals surface area contributed by atoms with Crippen molar-refractivity contribution >= 4 is 11.9 Å². The van der Waals surface area contributed by atoms with Crippen LogP contribution in [0.15, 0.2) is 36.5 Å². The Labute approximate surface area is 148 Å². The van der Waals surface area contributed by atoms with Gasteiger partial charge in [-0.3, -0.25) is 4.79 Å². The summed E-state index contributed by atoms with van der Waals surface area (Å²) in [7, 11) is 0. The van der Waals surface area contributed by atoms with Crippen molar-refractivity contribution in [1.29, 1.82) is 0 Å². The Morgan fingerprint density at radius 1 is 1.28 bits per heavy atom. The zero-order valence-electron chi connectivity index (χ0n) is 15.0. The van der Waals surface area contributed by atoms with Crippen molar-refractivity contribution in [3.63, 3.8) is 0 Å². The number of ether oxygens (including phenoxy) is 2. The van der Waals surface area contributed by atoms with Gasteiger partial charge in [-0.05, 0) is 36.7 Å². The summed E-state index contributed by atoms with van der Waals surface area (Å²) in [6.07, 6.45) is 1.58. The molecule has 6 unspecified atom stereocenters. The minimum Gasteiger partial charge on any atom is -0.458 e. The highest BCUT2D eigenvalue weighted by Crippen LogP contribution is 2.52. The molecule has 0 aromatic rings. The van der Waals surface area contributed by atoms with E-state index in [1.807, 2.05) is 13.8 Å². The van der Waals surface area contributed by atoms with Crippen LogP contribution in [0.25, 0.3) is 0 Å². The highest BCUT2D eigenvalue weighted by Gasteiger charge is 2.53. The van der Waals surface area contributed by atoms with Crippen LogP contribution in [0.2, 0.25) is 0 Å². The van der Waals surface area contributed by atoms with Crippen LogP contribution >= 0.6 is 0 Å². The Morgan fingerprint density at radius 3 is 2.60 bits per heavy atom. The van der Waals surface area contributed by atoms with E-state index in [0.717, 1.165) is 24.0 Å². The number of nitrogens with two attached hydrogens (primary N) is 1. The molecule has 5 nitrogen and oxygen atoms in total. The van der Waals surface area contributed by atoms with Gasteiger partial charge in [0.15, 0.2) is 0 Å². The smallest absolute Gasteiger partial charge is 0.334 e. The summed E-state index contributed by atoms with van der Waals surface area (Å²) in [5.41, 5.74) is 8.35. The molecule has 2 N–H and O–H groups in total. The molecule has 0 amide bonds. The third kappa shape index (κ3) is 2.95. The molecule has 3 rings (SSSR count). The van der Waals surface area contributed by atoms with E-state index >= 15 is 0 Å². The second-order valence-electron chi connectivity index (χ2n) is 7.84. The molecule has 0 radical (unpaired) electrons. The van der Waals surface area contributed by atoms with Crippen LogP contribution < -0.4 is 5.73 Å². The molecular formula is C20H27NO4. The first-order valence-electron chi connectivity index (χ1n) is 8.94. The number of carbonyl (C=O) groups excluding carboxylic acids is 2. The predicted octanol–water partition coefficient (Wildman–Crippen LogP) is 2.52. The molecule has 6 atom stereocenters. The van der Waals surface area contributed by atoms with E-state index in [9.17, 15) is 9.59 Å². The van der Waals surface area contributed by atoms with E-state index in [1.165, 1.54) is 0 Å². The van der Waals surface area contributed by atoms with Gasteiger partial charge in [-0.2, -0.15) is 0 Å². The first-order valence-corrected chi connectivity index (χ1v) is 8.94. The summed E-state index contributed by atoms with van der Waals surface area (Å²) in [6.45, 7) is 16.1. The molecule has 2 saturated carbocycles. The number of hydrogen-bond donors (Lipinski definition) is 1. The zero-order chi connectivity index (χ0) is 18.5. The van der Waals surface area contributed by atoms with Crippen molar-refractivity contribution in [3.8, 4) is 0 Å². The van der Waals surface area contributed by atoms with Crippen LogP contribution in [0, 0.1) is 23.7 Å². The third-order valence-electron chi connectivity index (χ3n) is 6.00. The minimum atomic E-state index is -0.654. The van der Waals surface area contributed by atoms with Crippen LogP contribution in [-0.4, -0.2) is 30.2 Å². The maximum atomic E-state index is 12.3. The maximum absolute atomic E-state index is 12.3. The van der Waals surface area contributed by atoms with Gasteiger partial charge in [0.2, 0.25) is 0 Å². The van der Waals surface area contributed by atoms with E-state index in [1.54, 1.807) is 0 Å². The maximum Gasteiger partial charge on any atom is 0.334 e. The molecule has 0 spiro atoms. The van der Waals surface area contributed by atoms with Crippen LogP contribution in [0.1, 0.15) is 33.1 Å². The molecule has 136 valence electrons. The largest absolute Gasteiger partial charge is 0.458 e. The van der Waals surface area contributed by atoms with Crippen molar-refractivity contribution in [2.24, 2.45) is 29.4 Å². The average molecular weight is 345 g/mol. The fraction of sp³-hybridized carbons (Fsp3) is 0.600. The highest BCUT2D eigenvalue weighted by molar-refractivity contribution is 5.91.